The van der Waals surface area contributed by atoms with Gasteiger partial charge in [0.15, 0.2) is 5.79 Å². The number of cyclic esters (lactones) is 2. The molecule has 7 atom stereocenters. The molecule has 2 saturated carbocycles. The molecule has 2 spiro atoms. The molecule has 0 aromatic carbocycles. The Labute approximate surface area is 180 Å². The molecule has 0 unspecified atom stereocenters. The standard InChI is InChI=1S/C24H38O6/c1-16-6-7-17-21(4)14-28-20(2,3)29-18(21)8-9-22(17,5)24(16)11-10-23(30-24)12-13-26-19(25)27-15-23/h16-18H,6-15H2,1-5H3/t16-,17-,18-,21+,22+,23+,24+/m1/s1. The fourth-order valence-corrected chi connectivity index (χ4v) is 7.90. The summed E-state index contributed by atoms with van der Waals surface area (Å²) >= 11 is 0. The third kappa shape index (κ3) is 2.82. The Morgan fingerprint density at radius 3 is 2.50 bits per heavy atom. The van der Waals surface area contributed by atoms with Crippen LogP contribution in [-0.2, 0) is 23.7 Å². The van der Waals surface area contributed by atoms with Gasteiger partial charge >= 0.3 is 6.16 Å². The Hall–Kier alpha value is -0.850. The zero-order valence-electron chi connectivity index (χ0n) is 19.3. The van der Waals surface area contributed by atoms with Gasteiger partial charge in [0.1, 0.15) is 12.2 Å². The largest absolute Gasteiger partial charge is 0.508 e. The Morgan fingerprint density at radius 2 is 1.70 bits per heavy atom. The summed E-state index contributed by atoms with van der Waals surface area (Å²) in [5.74, 6) is 0.450. The van der Waals surface area contributed by atoms with E-state index in [1.54, 1.807) is 0 Å². The Kier molecular flexibility index (Phi) is 4.61. The molecule has 2 aliphatic carbocycles. The maximum Gasteiger partial charge on any atom is 0.508 e. The van der Waals surface area contributed by atoms with Crippen LogP contribution in [0.5, 0.6) is 0 Å². The van der Waals surface area contributed by atoms with Gasteiger partial charge in [0.25, 0.3) is 0 Å². The molecule has 6 heteroatoms. The molecule has 3 saturated heterocycles. The van der Waals surface area contributed by atoms with Crippen LogP contribution in [-0.4, -0.2) is 49.1 Å². The average Bonchev–Trinajstić information content (AvgIpc) is 2.97. The third-order valence-corrected chi connectivity index (χ3v) is 9.62. The number of ether oxygens (including phenoxy) is 5. The minimum absolute atomic E-state index is 0.00615. The van der Waals surface area contributed by atoms with Gasteiger partial charge in [0.2, 0.25) is 0 Å². The molecule has 0 bridgehead atoms. The van der Waals surface area contributed by atoms with Gasteiger partial charge in [-0.15, -0.1) is 0 Å². The van der Waals surface area contributed by atoms with E-state index < -0.39 is 17.5 Å². The first-order valence-electron chi connectivity index (χ1n) is 11.9. The summed E-state index contributed by atoms with van der Waals surface area (Å²) in [5, 5.41) is 0. The Balaban J connectivity index is 1.48. The van der Waals surface area contributed by atoms with E-state index in [0.717, 1.165) is 38.7 Å². The van der Waals surface area contributed by atoms with Crippen LogP contribution in [0.25, 0.3) is 0 Å². The quantitative estimate of drug-likeness (QED) is 0.521. The van der Waals surface area contributed by atoms with E-state index in [4.69, 9.17) is 23.7 Å². The first-order valence-corrected chi connectivity index (χ1v) is 11.9. The van der Waals surface area contributed by atoms with Gasteiger partial charge < -0.3 is 23.7 Å². The highest BCUT2D eigenvalue weighted by atomic mass is 16.7. The summed E-state index contributed by atoms with van der Waals surface area (Å²) in [6.45, 7) is 12.7. The molecular formula is C24H38O6. The second kappa shape index (κ2) is 6.58. The molecule has 30 heavy (non-hydrogen) atoms. The first kappa shape index (κ1) is 21.0. The van der Waals surface area contributed by atoms with Crippen LogP contribution in [0.15, 0.2) is 0 Å². The van der Waals surface area contributed by atoms with E-state index in [2.05, 4.69) is 20.8 Å². The highest BCUT2D eigenvalue weighted by Gasteiger charge is 2.70. The summed E-state index contributed by atoms with van der Waals surface area (Å²) in [7, 11) is 0. The fourth-order valence-electron chi connectivity index (χ4n) is 7.90. The van der Waals surface area contributed by atoms with E-state index >= 15 is 0 Å². The van der Waals surface area contributed by atoms with Gasteiger partial charge in [-0.25, -0.2) is 4.79 Å². The smallest absolute Gasteiger partial charge is 0.434 e. The van der Waals surface area contributed by atoms with Crippen LogP contribution >= 0.6 is 0 Å². The van der Waals surface area contributed by atoms with Gasteiger partial charge in [-0.05, 0) is 64.2 Å². The predicted molar refractivity (Wildman–Crippen MR) is 110 cm³/mol. The molecule has 0 aromatic heterocycles. The SMILES string of the molecule is C[C@@H]1CC[C@@H]2[C@]3(C)COC(C)(C)O[C@@H]3CC[C@]2(C)[C@]12CC[C@@]1(CCOC(=O)OC1)O2. The molecular weight excluding hydrogens is 384 g/mol. The highest BCUT2D eigenvalue weighted by Crippen LogP contribution is 2.69. The van der Waals surface area contributed by atoms with Crippen molar-refractivity contribution in [3.05, 3.63) is 0 Å². The van der Waals surface area contributed by atoms with Gasteiger partial charge in [0.05, 0.1) is 24.9 Å². The topological polar surface area (TPSA) is 63.2 Å². The van der Waals surface area contributed by atoms with Crippen molar-refractivity contribution in [1.29, 1.82) is 0 Å². The summed E-state index contributed by atoms with van der Waals surface area (Å²) in [6, 6.07) is 0. The molecule has 3 heterocycles. The van der Waals surface area contributed by atoms with Gasteiger partial charge in [-0.3, -0.25) is 0 Å². The van der Waals surface area contributed by atoms with Gasteiger partial charge in [-0.1, -0.05) is 20.8 Å². The third-order valence-electron chi connectivity index (χ3n) is 9.62. The maximum atomic E-state index is 11.7. The number of hydrogen-bond acceptors (Lipinski definition) is 6. The van der Waals surface area contributed by atoms with Crippen LogP contribution in [0.4, 0.5) is 4.79 Å². The lowest BCUT2D eigenvalue weighted by molar-refractivity contribution is -0.359. The highest BCUT2D eigenvalue weighted by molar-refractivity contribution is 5.60. The summed E-state index contributed by atoms with van der Waals surface area (Å²) in [6.07, 6.45) is 6.81. The first-order chi connectivity index (χ1) is 14.0. The van der Waals surface area contributed by atoms with Crippen LogP contribution in [0.3, 0.4) is 0 Å². The number of rotatable bonds is 0. The summed E-state index contributed by atoms with van der Waals surface area (Å²) in [5.41, 5.74) is -0.573. The molecule has 0 amide bonds. The predicted octanol–water partition coefficient (Wildman–Crippen LogP) is 4.84. The number of hydrogen-bond donors (Lipinski definition) is 0. The number of fused-ring (bicyclic) bond motifs is 4. The normalized spacial score (nSPS) is 52.8. The van der Waals surface area contributed by atoms with Crippen LogP contribution in [0.2, 0.25) is 0 Å². The molecule has 3 aliphatic heterocycles. The molecule has 5 fully saturated rings. The lowest BCUT2D eigenvalue weighted by Gasteiger charge is -2.67. The zero-order valence-corrected chi connectivity index (χ0v) is 19.3. The van der Waals surface area contributed by atoms with E-state index in [1.807, 2.05) is 13.8 Å². The van der Waals surface area contributed by atoms with Crippen molar-refractivity contribution in [1.82, 2.24) is 0 Å². The second-order valence-corrected chi connectivity index (χ2v) is 11.6. The summed E-state index contributed by atoms with van der Waals surface area (Å²) in [4.78, 5) is 11.7. The van der Waals surface area contributed by atoms with E-state index in [0.29, 0.717) is 31.5 Å². The van der Waals surface area contributed by atoms with Crippen molar-refractivity contribution in [3.8, 4) is 0 Å². The molecule has 0 aromatic rings. The minimum Gasteiger partial charge on any atom is -0.434 e. The average molecular weight is 423 g/mol. The van der Waals surface area contributed by atoms with Crippen LogP contribution < -0.4 is 0 Å². The molecule has 5 rings (SSSR count). The van der Waals surface area contributed by atoms with Crippen LogP contribution in [0.1, 0.15) is 79.6 Å². The molecule has 6 nitrogen and oxygen atoms in total. The zero-order chi connectivity index (χ0) is 21.4. The van der Waals surface area contributed by atoms with Crippen LogP contribution in [0, 0.1) is 22.7 Å². The second-order valence-electron chi connectivity index (χ2n) is 11.6. The van der Waals surface area contributed by atoms with Crippen molar-refractivity contribution >= 4 is 6.16 Å². The van der Waals surface area contributed by atoms with Crippen molar-refractivity contribution in [2.45, 2.75) is 103 Å². The maximum absolute atomic E-state index is 11.7. The summed E-state index contributed by atoms with van der Waals surface area (Å²) < 4.78 is 30.4. The van der Waals surface area contributed by atoms with Crippen molar-refractivity contribution < 1.29 is 28.5 Å². The van der Waals surface area contributed by atoms with E-state index in [9.17, 15) is 4.79 Å². The van der Waals surface area contributed by atoms with E-state index in [1.165, 1.54) is 6.42 Å². The number of carbonyl (C=O) groups is 1. The molecule has 0 radical (unpaired) electrons. The number of carbonyl (C=O) groups excluding carboxylic acids is 1. The monoisotopic (exact) mass is 422 g/mol. The van der Waals surface area contributed by atoms with Gasteiger partial charge in [0, 0.05) is 17.3 Å². The Bertz CT molecular complexity index is 722. The van der Waals surface area contributed by atoms with Crippen molar-refractivity contribution in [2.75, 3.05) is 19.8 Å². The fraction of sp³-hybridized carbons (Fsp3) is 0.958. The lowest BCUT2D eigenvalue weighted by atomic mass is 9.43. The van der Waals surface area contributed by atoms with Crippen molar-refractivity contribution in [2.24, 2.45) is 22.7 Å². The molecule has 170 valence electrons. The Morgan fingerprint density at radius 1 is 0.900 bits per heavy atom. The minimum atomic E-state index is -0.565. The van der Waals surface area contributed by atoms with E-state index in [-0.39, 0.29) is 22.5 Å². The molecule has 0 N–H and O–H groups in total. The van der Waals surface area contributed by atoms with Gasteiger partial charge in [-0.2, -0.15) is 0 Å². The lowest BCUT2D eigenvalue weighted by Crippen LogP contribution is -2.69. The molecule has 5 aliphatic rings. The van der Waals surface area contributed by atoms with Crippen molar-refractivity contribution in [3.63, 3.8) is 0 Å².